The summed E-state index contributed by atoms with van der Waals surface area (Å²) in [6, 6.07) is 0. The highest BCUT2D eigenvalue weighted by Crippen LogP contribution is 2.52. The number of hydrogen-bond acceptors (Lipinski definition) is 2. The molecule has 0 radical (unpaired) electrons. The van der Waals surface area contributed by atoms with Crippen LogP contribution in [0.1, 0.15) is 110 Å². The molecule has 0 aromatic rings. The molecule has 3 N–H and O–H groups in total. The first-order valence-electron chi connectivity index (χ1n) is 12.3. The van der Waals surface area contributed by atoms with Crippen molar-refractivity contribution in [1.29, 1.82) is 0 Å². The Balaban J connectivity index is 3.64. The third kappa shape index (κ3) is 16.5. The molecule has 180 valence electrons. The van der Waals surface area contributed by atoms with Crippen LogP contribution in [0, 0.1) is 0 Å². The lowest BCUT2D eigenvalue weighted by Gasteiger charge is -2.35. The van der Waals surface area contributed by atoms with Crippen LogP contribution in [0.2, 0.25) is 0 Å². The van der Waals surface area contributed by atoms with Crippen molar-refractivity contribution in [1.82, 2.24) is 0 Å². The van der Waals surface area contributed by atoms with E-state index in [1.165, 1.54) is 77.0 Å². The molecular formula is C24H51NO4P+. The quantitative estimate of drug-likeness (QED) is 0.0874. The number of likely N-dealkylation sites (N-methyl/N-ethyl adjacent to an activating group) is 1. The summed E-state index contributed by atoms with van der Waals surface area (Å²) in [6.07, 6.45) is 22.9. The van der Waals surface area contributed by atoms with Gasteiger partial charge in [-0.15, -0.1) is 0 Å². The third-order valence-corrected chi connectivity index (χ3v) is 7.06. The minimum absolute atomic E-state index is 0.0614. The number of hydrogen-bond donors (Lipinski definition) is 3. The number of quaternary nitrogens is 1. The summed E-state index contributed by atoms with van der Waals surface area (Å²) in [5.41, 5.74) is 0. The molecule has 0 aromatic heterocycles. The van der Waals surface area contributed by atoms with Crippen LogP contribution in [0.3, 0.4) is 0 Å². The predicted octanol–water partition coefficient (Wildman–Crippen LogP) is 6.38. The van der Waals surface area contributed by atoms with Crippen molar-refractivity contribution in [3.05, 3.63) is 12.2 Å². The van der Waals surface area contributed by atoms with Gasteiger partial charge in [0.2, 0.25) is 5.34 Å². The second-order valence-electron chi connectivity index (χ2n) is 10.0. The highest BCUT2D eigenvalue weighted by Gasteiger charge is 2.48. The summed E-state index contributed by atoms with van der Waals surface area (Å²) < 4.78 is 12.1. The minimum atomic E-state index is -4.54. The van der Waals surface area contributed by atoms with Gasteiger partial charge in [0.25, 0.3) is 0 Å². The Labute approximate surface area is 186 Å². The molecule has 0 heterocycles. The first-order valence-corrected chi connectivity index (χ1v) is 13.9. The Morgan fingerprint density at radius 2 is 1.13 bits per heavy atom. The van der Waals surface area contributed by atoms with Gasteiger partial charge >= 0.3 is 7.60 Å². The summed E-state index contributed by atoms with van der Waals surface area (Å²) in [5.74, 6) is 0. The molecule has 0 aromatic carbocycles. The Morgan fingerprint density at radius 1 is 0.733 bits per heavy atom. The predicted molar refractivity (Wildman–Crippen MR) is 129 cm³/mol. The van der Waals surface area contributed by atoms with E-state index in [1.807, 2.05) is 21.1 Å². The number of nitrogens with zero attached hydrogens (tertiary/aromatic N) is 1. The van der Waals surface area contributed by atoms with Gasteiger partial charge in [0.05, 0.1) is 21.1 Å². The van der Waals surface area contributed by atoms with Gasteiger partial charge in [0, 0.05) is 0 Å². The van der Waals surface area contributed by atoms with Gasteiger partial charge in [-0.25, -0.2) is 0 Å². The van der Waals surface area contributed by atoms with Gasteiger partial charge in [-0.05, 0) is 38.5 Å². The fourth-order valence-electron chi connectivity index (χ4n) is 3.91. The second kappa shape index (κ2) is 16.4. The normalized spacial score (nSPS) is 15.0. The van der Waals surface area contributed by atoms with Crippen molar-refractivity contribution >= 4 is 7.60 Å². The highest BCUT2D eigenvalue weighted by molar-refractivity contribution is 7.53. The zero-order valence-electron chi connectivity index (χ0n) is 20.3. The largest absolute Gasteiger partial charge is 0.373 e. The zero-order valence-corrected chi connectivity index (χ0v) is 21.2. The summed E-state index contributed by atoms with van der Waals surface area (Å²) in [4.78, 5) is 19.2. The summed E-state index contributed by atoms with van der Waals surface area (Å²) in [5, 5.41) is 8.62. The van der Waals surface area contributed by atoms with E-state index in [0.29, 0.717) is 10.9 Å². The molecule has 0 aliphatic rings. The highest BCUT2D eigenvalue weighted by atomic mass is 31.2. The number of unbranched alkanes of at least 4 members (excludes halogenated alkanes) is 13. The molecule has 0 saturated heterocycles. The van der Waals surface area contributed by atoms with Crippen LogP contribution < -0.4 is 0 Å². The van der Waals surface area contributed by atoms with Crippen LogP contribution >= 0.6 is 7.60 Å². The molecule has 0 spiro atoms. The summed E-state index contributed by atoms with van der Waals surface area (Å²) in [6.45, 7) is 2.30. The van der Waals surface area contributed by atoms with E-state index in [1.54, 1.807) is 0 Å². The van der Waals surface area contributed by atoms with Crippen molar-refractivity contribution in [3.63, 3.8) is 0 Å². The van der Waals surface area contributed by atoms with Crippen molar-refractivity contribution in [2.45, 2.75) is 115 Å². The van der Waals surface area contributed by atoms with Gasteiger partial charge in [-0.1, -0.05) is 83.3 Å². The molecule has 0 aliphatic carbocycles. The topological polar surface area (TPSA) is 77.8 Å². The lowest BCUT2D eigenvalue weighted by Crippen LogP contribution is -2.49. The van der Waals surface area contributed by atoms with Crippen LogP contribution in [0.15, 0.2) is 12.2 Å². The van der Waals surface area contributed by atoms with E-state index in [-0.39, 0.29) is 13.0 Å². The first-order chi connectivity index (χ1) is 14.0. The van der Waals surface area contributed by atoms with Crippen LogP contribution in [-0.4, -0.2) is 52.4 Å². The standard InChI is InChI=1S/C24H50NO4P/c1-5-6-7-8-9-10-11-12-13-14-15-16-17-18-19-20-21-22-24(26,30(27,28)29)23-25(2,3)4/h9-10,26H,5-8,11-23H2,1-4H3,(H-,27,28,29)/p+1/b10-9-. The number of aliphatic hydroxyl groups is 1. The molecule has 0 rings (SSSR count). The van der Waals surface area contributed by atoms with E-state index in [0.717, 1.165) is 12.8 Å². The second-order valence-corrected chi connectivity index (χ2v) is 11.9. The van der Waals surface area contributed by atoms with Gasteiger partial charge in [-0.3, -0.25) is 4.57 Å². The Morgan fingerprint density at radius 3 is 1.53 bits per heavy atom. The molecule has 5 nitrogen and oxygen atoms in total. The van der Waals surface area contributed by atoms with E-state index in [2.05, 4.69) is 19.1 Å². The van der Waals surface area contributed by atoms with Crippen molar-refractivity contribution in [3.8, 4) is 0 Å². The Bertz CT molecular complexity index is 484. The SMILES string of the molecule is CCCCC/C=C\CCCCCCCCCCCCC(O)(C[N+](C)(C)C)P(=O)(O)O. The van der Waals surface area contributed by atoms with E-state index >= 15 is 0 Å². The van der Waals surface area contributed by atoms with Crippen molar-refractivity contribution in [2.75, 3.05) is 27.7 Å². The lowest BCUT2D eigenvalue weighted by molar-refractivity contribution is -0.875. The molecular weight excluding hydrogens is 397 g/mol. The third-order valence-electron chi connectivity index (χ3n) is 5.61. The maximum absolute atomic E-state index is 11.8. The van der Waals surface area contributed by atoms with Crippen LogP contribution in [0.25, 0.3) is 0 Å². The number of allylic oxidation sites excluding steroid dienone is 2. The van der Waals surface area contributed by atoms with Gasteiger partial charge in [0.15, 0.2) is 0 Å². The molecule has 6 heteroatoms. The monoisotopic (exact) mass is 448 g/mol. The van der Waals surface area contributed by atoms with E-state index in [9.17, 15) is 19.5 Å². The Hall–Kier alpha value is -0.190. The van der Waals surface area contributed by atoms with E-state index < -0.39 is 12.9 Å². The molecule has 0 bridgehead atoms. The average molecular weight is 449 g/mol. The van der Waals surface area contributed by atoms with Gasteiger partial charge in [0.1, 0.15) is 6.54 Å². The molecule has 0 saturated carbocycles. The fourth-order valence-corrected chi connectivity index (χ4v) is 4.97. The maximum Gasteiger partial charge on any atom is 0.362 e. The number of rotatable bonds is 20. The van der Waals surface area contributed by atoms with Crippen molar-refractivity contribution in [2.24, 2.45) is 0 Å². The fraction of sp³-hybridized carbons (Fsp3) is 0.917. The molecule has 0 amide bonds. The van der Waals surface area contributed by atoms with Crippen LogP contribution in [-0.2, 0) is 4.57 Å². The zero-order chi connectivity index (χ0) is 22.9. The molecule has 30 heavy (non-hydrogen) atoms. The molecule has 0 aliphatic heterocycles. The maximum atomic E-state index is 11.8. The minimum Gasteiger partial charge on any atom is -0.373 e. The first kappa shape index (κ1) is 29.8. The molecule has 1 unspecified atom stereocenters. The summed E-state index contributed by atoms with van der Waals surface area (Å²) >= 11 is 0. The molecule has 0 fully saturated rings. The van der Waals surface area contributed by atoms with Gasteiger partial charge < -0.3 is 19.4 Å². The van der Waals surface area contributed by atoms with E-state index in [4.69, 9.17) is 0 Å². The Kier molecular flexibility index (Phi) is 16.3. The van der Waals surface area contributed by atoms with Crippen LogP contribution in [0.4, 0.5) is 0 Å². The average Bonchev–Trinajstić information content (AvgIpc) is 2.62. The smallest absolute Gasteiger partial charge is 0.362 e. The lowest BCUT2D eigenvalue weighted by atomic mass is 10.0. The molecule has 1 atom stereocenters. The van der Waals surface area contributed by atoms with Crippen molar-refractivity contribution < 1.29 is 23.9 Å². The summed E-state index contributed by atoms with van der Waals surface area (Å²) in [7, 11) is 0.978. The van der Waals surface area contributed by atoms with Crippen LogP contribution in [0.5, 0.6) is 0 Å². The van der Waals surface area contributed by atoms with Gasteiger partial charge in [-0.2, -0.15) is 0 Å².